The van der Waals surface area contributed by atoms with Gasteiger partial charge in [0.2, 0.25) is 0 Å². The first-order valence-electron chi connectivity index (χ1n) is 5.16. The Bertz CT molecular complexity index is 482. The maximum Gasteiger partial charge on any atom is 0.103 e. The maximum absolute atomic E-state index is 9.40. The van der Waals surface area contributed by atoms with Gasteiger partial charge in [0.1, 0.15) is 5.01 Å². The van der Waals surface area contributed by atoms with Gasteiger partial charge in [-0.25, -0.2) is 4.98 Å². The second-order valence-corrected chi connectivity index (χ2v) is 6.21. The van der Waals surface area contributed by atoms with E-state index >= 15 is 0 Å². The molecule has 2 nitrogen and oxygen atoms in total. The molecule has 1 unspecified atom stereocenters. The number of rotatable bonds is 4. The topological polar surface area (TPSA) is 33.1 Å². The lowest BCUT2D eigenvalue weighted by Gasteiger charge is -1.99. The molecule has 2 aromatic rings. The number of benzene rings is 1. The Morgan fingerprint density at radius 3 is 2.71 bits per heavy atom. The highest BCUT2D eigenvalue weighted by Crippen LogP contribution is 2.28. The van der Waals surface area contributed by atoms with Crippen molar-refractivity contribution in [1.82, 2.24) is 4.98 Å². The molecule has 0 radical (unpaired) electrons. The number of aliphatic hydroxyl groups excluding tert-OH is 1. The molecule has 2 rings (SSSR count). The number of halogens is 1. The lowest BCUT2D eigenvalue weighted by molar-refractivity contribution is 0.203. The number of aliphatic hydroxyl groups is 1. The van der Waals surface area contributed by atoms with Gasteiger partial charge in [-0.1, -0.05) is 11.6 Å². The van der Waals surface area contributed by atoms with Crippen LogP contribution in [0.2, 0.25) is 5.02 Å². The molecular formula is C12H12ClNOS2. The summed E-state index contributed by atoms with van der Waals surface area (Å²) in [5.41, 5.74) is 0. The lowest BCUT2D eigenvalue weighted by Crippen LogP contribution is -1.83. The van der Waals surface area contributed by atoms with Crippen LogP contribution in [-0.4, -0.2) is 10.1 Å². The van der Waals surface area contributed by atoms with E-state index in [0.29, 0.717) is 0 Å². The lowest BCUT2D eigenvalue weighted by atomic mass is 10.4. The molecule has 1 N–H and O–H groups in total. The molecule has 0 aliphatic rings. The molecule has 0 spiro atoms. The van der Waals surface area contributed by atoms with Crippen LogP contribution in [0.15, 0.2) is 35.4 Å². The largest absolute Gasteiger partial charge is 0.388 e. The Morgan fingerprint density at radius 1 is 1.41 bits per heavy atom. The minimum absolute atomic E-state index is 0.429. The molecule has 0 aliphatic carbocycles. The first kappa shape index (κ1) is 12.9. The van der Waals surface area contributed by atoms with Crippen molar-refractivity contribution < 1.29 is 5.11 Å². The van der Waals surface area contributed by atoms with Gasteiger partial charge in [0.15, 0.2) is 0 Å². The molecule has 0 aliphatic heterocycles. The maximum atomic E-state index is 9.40. The van der Waals surface area contributed by atoms with E-state index in [2.05, 4.69) is 4.98 Å². The van der Waals surface area contributed by atoms with Crippen LogP contribution in [-0.2, 0) is 5.75 Å². The molecule has 0 fully saturated rings. The summed E-state index contributed by atoms with van der Waals surface area (Å²) in [7, 11) is 0. The van der Waals surface area contributed by atoms with E-state index in [-0.39, 0.29) is 0 Å². The number of thiazole rings is 1. The second kappa shape index (κ2) is 5.87. The predicted molar refractivity (Wildman–Crippen MR) is 73.8 cm³/mol. The summed E-state index contributed by atoms with van der Waals surface area (Å²) in [6.07, 6.45) is 1.31. The second-order valence-electron chi connectivity index (χ2n) is 3.57. The van der Waals surface area contributed by atoms with Gasteiger partial charge in [-0.15, -0.1) is 23.1 Å². The van der Waals surface area contributed by atoms with Crippen molar-refractivity contribution in [3.05, 3.63) is 45.4 Å². The summed E-state index contributed by atoms with van der Waals surface area (Å²) in [6.45, 7) is 1.75. The number of thioether (sulfide) groups is 1. The fraction of sp³-hybridized carbons (Fsp3) is 0.250. The van der Waals surface area contributed by atoms with Gasteiger partial charge in [0.05, 0.1) is 16.7 Å². The zero-order valence-electron chi connectivity index (χ0n) is 9.26. The molecule has 5 heteroatoms. The number of nitrogens with zero attached hydrogens (tertiary/aromatic N) is 1. The van der Waals surface area contributed by atoms with E-state index in [1.165, 1.54) is 4.90 Å². The van der Waals surface area contributed by atoms with Crippen LogP contribution in [0.4, 0.5) is 0 Å². The van der Waals surface area contributed by atoms with E-state index in [0.717, 1.165) is 20.7 Å². The van der Waals surface area contributed by atoms with Gasteiger partial charge in [0.25, 0.3) is 0 Å². The summed E-state index contributed by atoms with van der Waals surface area (Å²) in [5, 5.41) is 11.2. The Morgan fingerprint density at radius 2 is 2.12 bits per heavy atom. The van der Waals surface area contributed by atoms with Crippen LogP contribution in [0.5, 0.6) is 0 Å². The number of hydrogen-bond acceptors (Lipinski definition) is 4. The summed E-state index contributed by atoms with van der Waals surface area (Å²) < 4.78 is 0. The predicted octanol–water partition coefficient (Wildman–Crippen LogP) is 4.14. The summed E-state index contributed by atoms with van der Waals surface area (Å²) in [5.74, 6) is 0.818. The van der Waals surface area contributed by atoms with E-state index in [9.17, 15) is 5.11 Å². The standard InChI is InChI=1S/C12H12ClNOS2/c1-8(15)11-6-14-12(17-11)7-16-10-4-2-9(13)3-5-10/h2-6,8,15H,7H2,1H3. The van der Waals surface area contributed by atoms with Crippen molar-refractivity contribution >= 4 is 34.7 Å². The molecule has 1 aromatic carbocycles. The van der Waals surface area contributed by atoms with Crippen molar-refractivity contribution in [2.45, 2.75) is 23.7 Å². The highest BCUT2D eigenvalue weighted by Gasteiger charge is 2.06. The Kier molecular flexibility index (Phi) is 4.45. The molecule has 1 aromatic heterocycles. The van der Waals surface area contributed by atoms with Gasteiger partial charge >= 0.3 is 0 Å². The monoisotopic (exact) mass is 285 g/mol. The summed E-state index contributed by atoms with van der Waals surface area (Å²) in [4.78, 5) is 6.36. The third-order valence-corrected chi connectivity index (χ3v) is 4.78. The van der Waals surface area contributed by atoms with Crippen molar-refractivity contribution in [2.24, 2.45) is 0 Å². The quantitative estimate of drug-likeness (QED) is 0.857. The highest BCUT2D eigenvalue weighted by atomic mass is 35.5. The van der Waals surface area contributed by atoms with E-state index in [4.69, 9.17) is 11.6 Å². The van der Waals surface area contributed by atoms with Crippen LogP contribution in [0.3, 0.4) is 0 Å². The summed E-state index contributed by atoms with van der Waals surface area (Å²) in [6, 6.07) is 7.76. The Hall–Kier alpha value is -0.550. The zero-order chi connectivity index (χ0) is 12.3. The first-order valence-corrected chi connectivity index (χ1v) is 7.34. The van der Waals surface area contributed by atoms with Crippen LogP contribution in [0, 0.1) is 0 Å². The average molecular weight is 286 g/mol. The van der Waals surface area contributed by atoms with Crippen molar-refractivity contribution in [2.75, 3.05) is 0 Å². The van der Waals surface area contributed by atoms with Crippen molar-refractivity contribution in [3.63, 3.8) is 0 Å². The minimum Gasteiger partial charge on any atom is -0.388 e. The van der Waals surface area contributed by atoms with Crippen LogP contribution < -0.4 is 0 Å². The third-order valence-electron chi connectivity index (χ3n) is 2.16. The van der Waals surface area contributed by atoms with E-state index in [1.807, 2.05) is 24.3 Å². The van der Waals surface area contributed by atoms with Crippen LogP contribution >= 0.6 is 34.7 Å². The van der Waals surface area contributed by atoms with Gasteiger partial charge in [-0.2, -0.15) is 0 Å². The van der Waals surface area contributed by atoms with Crippen LogP contribution in [0.1, 0.15) is 22.9 Å². The molecule has 17 heavy (non-hydrogen) atoms. The van der Waals surface area contributed by atoms with Gasteiger partial charge in [0, 0.05) is 16.1 Å². The molecule has 0 bridgehead atoms. The molecule has 90 valence electrons. The zero-order valence-corrected chi connectivity index (χ0v) is 11.6. The molecule has 0 amide bonds. The van der Waals surface area contributed by atoms with Crippen molar-refractivity contribution in [3.8, 4) is 0 Å². The molecule has 1 atom stereocenters. The van der Waals surface area contributed by atoms with Gasteiger partial charge < -0.3 is 5.11 Å². The van der Waals surface area contributed by atoms with Crippen molar-refractivity contribution in [1.29, 1.82) is 0 Å². The van der Waals surface area contributed by atoms with Gasteiger partial charge in [-0.05, 0) is 31.2 Å². The number of hydrogen-bond donors (Lipinski definition) is 1. The number of aromatic nitrogens is 1. The Labute approximate surface area is 114 Å². The SMILES string of the molecule is CC(O)c1cnc(CSc2ccc(Cl)cc2)s1. The highest BCUT2D eigenvalue weighted by molar-refractivity contribution is 7.98. The molecule has 0 saturated heterocycles. The minimum atomic E-state index is -0.429. The molecular weight excluding hydrogens is 274 g/mol. The fourth-order valence-electron chi connectivity index (χ4n) is 1.26. The fourth-order valence-corrected chi connectivity index (χ4v) is 3.15. The van der Waals surface area contributed by atoms with E-state index in [1.54, 1.807) is 36.2 Å². The molecule has 1 heterocycles. The van der Waals surface area contributed by atoms with Crippen LogP contribution in [0.25, 0.3) is 0 Å². The average Bonchev–Trinajstić information content (AvgIpc) is 2.77. The molecule has 0 saturated carbocycles. The summed E-state index contributed by atoms with van der Waals surface area (Å²) >= 11 is 9.09. The third kappa shape index (κ3) is 3.71. The smallest absolute Gasteiger partial charge is 0.103 e. The van der Waals surface area contributed by atoms with E-state index < -0.39 is 6.10 Å². The first-order chi connectivity index (χ1) is 8.15. The Balaban J connectivity index is 1.95. The normalized spacial score (nSPS) is 12.6. The van der Waals surface area contributed by atoms with Gasteiger partial charge in [-0.3, -0.25) is 0 Å².